The van der Waals surface area contributed by atoms with Gasteiger partial charge in [0.2, 0.25) is 5.91 Å². The van der Waals surface area contributed by atoms with E-state index < -0.39 is 0 Å². The number of rotatable bonds is 10. The Morgan fingerprint density at radius 1 is 1.04 bits per heavy atom. The van der Waals surface area contributed by atoms with Crippen LogP contribution in [0.5, 0.6) is 5.75 Å². The summed E-state index contributed by atoms with van der Waals surface area (Å²) in [5.74, 6) is 0.179. The first-order valence-electron chi connectivity index (χ1n) is 8.78. The lowest BCUT2D eigenvalue weighted by Crippen LogP contribution is -2.25. The van der Waals surface area contributed by atoms with Gasteiger partial charge in [0.05, 0.1) is 18.7 Å². The van der Waals surface area contributed by atoms with Gasteiger partial charge in [-0.25, -0.2) is 0 Å². The molecule has 0 bridgehead atoms. The van der Waals surface area contributed by atoms with E-state index in [1.165, 1.54) is 7.11 Å². The van der Waals surface area contributed by atoms with Crippen LogP contribution in [-0.2, 0) is 9.53 Å². The van der Waals surface area contributed by atoms with E-state index in [1.807, 2.05) is 0 Å². The highest BCUT2D eigenvalue weighted by Crippen LogP contribution is 2.27. The summed E-state index contributed by atoms with van der Waals surface area (Å²) in [5, 5.41) is 9.00. The molecule has 0 radical (unpaired) electrons. The van der Waals surface area contributed by atoms with Gasteiger partial charge in [-0.15, -0.1) is 0 Å². The average Bonchev–Trinajstić information content (AvgIpc) is 2.70. The molecule has 0 aliphatic rings. The lowest BCUT2D eigenvalue weighted by Gasteiger charge is -2.10. The first-order chi connectivity index (χ1) is 13.5. The van der Waals surface area contributed by atoms with E-state index >= 15 is 0 Å². The van der Waals surface area contributed by atoms with Crippen LogP contribution in [0.2, 0.25) is 5.02 Å². The number of benzene rings is 2. The van der Waals surface area contributed by atoms with Gasteiger partial charge in [-0.3, -0.25) is 9.59 Å². The van der Waals surface area contributed by atoms with E-state index in [1.54, 1.807) is 49.6 Å². The van der Waals surface area contributed by atoms with Crippen molar-refractivity contribution in [2.75, 3.05) is 44.5 Å². The topological polar surface area (TPSA) is 88.7 Å². The number of carbonyl (C=O) groups excluding carboxylic acids is 2. The predicted molar refractivity (Wildman–Crippen MR) is 110 cm³/mol. The fraction of sp³-hybridized carbons (Fsp3) is 0.300. The fourth-order valence-corrected chi connectivity index (χ4v) is 2.65. The third kappa shape index (κ3) is 6.75. The number of carbonyl (C=O) groups is 2. The summed E-state index contributed by atoms with van der Waals surface area (Å²) < 4.78 is 10.0. The molecule has 28 heavy (non-hydrogen) atoms. The van der Waals surface area contributed by atoms with E-state index in [0.29, 0.717) is 35.2 Å². The molecule has 0 saturated heterocycles. The smallest absolute Gasteiger partial charge is 0.251 e. The second-order valence-electron chi connectivity index (χ2n) is 5.93. The molecule has 0 aliphatic carbocycles. The molecule has 0 fully saturated rings. The van der Waals surface area contributed by atoms with Crippen molar-refractivity contribution in [1.29, 1.82) is 0 Å². The lowest BCUT2D eigenvalue weighted by molar-refractivity contribution is -0.114. The molecule has 0 saturated carbocycles. The van der Waals surface area contributed by atoms with E-state index in [-0.39, 0.29) is 18.4 Å². The van der Waals surface area contributed by atoms with Crippen LogP contribution in [-0.4, -0.2) is 45.7 Å². The van der Waals surface area contributed by atoms with Crippen molar-refractivity contribution in [1.82, 2.24) is 5.32 Å². The van der Waals surface area contributed by atoms with Gasteiger partial charge in [-0.05, 0) is 48.9 Å². The van der Waals surface area contributed by atoms with Crippen molar-refractivity contribution in [2.24, 2.45) is 0 Å². The van der Waals surface area contributed by atoms with Crippen molar-refractivity contribution in [2.45, 2.75) is 6.42 Å². The molecule has 7 nitrogen and oxygen atoms in total. The third-order valence-corrected chi connectivity index (χ3v) is 4.14. The number of ether oxygens (including phenoxy) is 2. The standard InChI is InChI=1S/C20H24ClN3O4/c1-27-11-3-10-22-20(26)14-4-6-15(7-5-14)23-13-19(25)24-16-8-9-18(28-2)17(21)12-16/h4-9,12,23H,3,10-11,13H2,1-2H3,(H,22,26)(H,24,25). The van der Waals surface area contributed by atoms with Crippen LogP contribution in [0, 0.1) is 0 Å². The minimum Gasteiger partial charge on any atom is -0.495 e. The Labute approximate surface area is 169 Å². The zero-order valence-electron chi connectivity index (χ0n) is 15.9. The number of anilines is 2. The second kappa shape index (κ2) is 11.2. The molecule has 3 N–H and O–H groups in total. The Balaban J connectivity index is 1.80. The monoisotopic (exact) mass is 405 g/mol. The molecule has 0 spiro atoms. The first kappa shape index (κ1) is 21.5. The first-order valence-corrected chi connectivity index (χ1v) is 9.15. The summed E-state index contributed by atoms with van der Waals surface area (Å²) >= 11 is 6.04. The maximum atomic E-state index is 12.1. The largest absolute Gasteiger partial charge is 0.495 e. The number of methoxy groups -OCH3 is 2. The maximum absolute atomic E-state index is 12.1. The molecule has 8 heteroatoms. The van der Waals surface area contributed by atoms with Gasteiger partial charge in [-0.1, -0.05) is 11.6 Å². The van der Waals surface area contributed by atoms with Gasteiger partial charge < -0.3 is 25.4 Å². The van der Waals surface area contributed by atoms with Gasteiger partial charge >= 0.3 is 0 Å². The molecule has 0 heterocycles. The third-order valence-electron chi connectivity index (χ3n) is 3.85. The molecule has 2 rings (SSSR count). The predicted octanol–water partition coefficient (Wildman–Crippen LogP) is 3.17. The molecule has 0 aliphatic heterocycles. The van der Waals surface area contributed by atoms with E-state index in [9.17, 15) is 9.59 Å². The molecule has 150 valence electrons. The maximum Gasteiger partial charge on any atom is 0.251 e. The van der Waals surface area contributed by atoms with Crippen LogP contribution in [0.25, 0.3) is 0 Å². The Morgan fingerprint density at radius 3 is 2.39 bits per heavy atom. The second-order valence-corrected chi connectivity index (χ2v) is 6.34. The highest BCUT2D eigenvalue weighted by atomic mass is 35.5. The van der Waals surface area contributed by atoms with Crippen LogP contribution in [0.15, 0.2) is 42.5 Å². The normalized spacial score (nSPS) is 10.2. The zero-order valence-corrected chi connectivity index (χ0v) is 16.6. The Kier molecular flexibility index (Phi) is 8.58. The van der Waals surface area contributed by atoms with Crippen LogP contribution in [0.1, 0.15) is 16.8 Å². The summed E-state index contributed by atoms with van der Waals surface area (Å²) in [6, 6.07) is 11.9. The van der Waals surface area contributed by atoms with Crippen LogP contribution < -0.4 is 20.7 Å². The Morgan fingerprint density at radius 2 is 1.75 bits per heavy atom. The summed E-state index contributed by atoms with van der Waals surface area (Å²) in [6.07, 6.45) is 0.760. The SMILES string of the molecule is COCCCNC(=O)c1ccc(NCC(=O)Nc2ccc(OC)c(Cl)c2)cc1. The minimum absolute atomic E-state index is 0.0756. The van der Waals surface area contributed by atoms with Crippen LogP contribution in [0.4, 0.5) is 11.4 Å². The van der Waals surface area contributed by atoms with E-state index in [2.05, 4.69) is 16.0 Å². The molecular weight excluding hydrogens is 382 g/mol. The van der Waals surface area contributed by atoms with Crippen molar-refractivity contribution < 1.29 is 19.1 Å². The molecule has 0 atom stereocenters. The number of hydrogen-bond donors (Lipinski definition) is 3. The summed E-state index contributed by atoms with van der Waals surface area (Å²) in [6.45, 7) is 1.24. The zero-order chi connectivity index (χ0) is 20.4. The summed E-state index contributed by atoms with van der Waals surface area (Å²) in [7, 11) is 3.15. The van der Waals surface area contributed by atoms with E-state index in [4.69, 9.17) is 21.1 Å². The van der Waals surface area contributed by atoms with Crippen LogP contribution in [0.3, 0.4) is 0 Å². The Bertz CT molecular complexity index is 797. The number of hydrogen-bond acceptors (Lipinski definition) is 5. The van der Waals surface area contributed by atoms with Gasteiger partial charge in [0.1, 0.15) is 5.75 Å². The van der Waals surface area contributed by atoms with Crippen molar-refractivity contribution in [3.8, 4) is 5.75 Å². The highest BCUT2D eigenvalue weighted by molar-refractivity contribution is 6.32. The lowest BCUT2D eigenvalue weighted by atomic mass is 10.2. The average molecular weight is 406 g/mol. The molecule has 0 unspecified atom stereocenters. The van der Waals surface area contributed by atoms with Crippen molar-refractivity contribution in [3.05, 3.63) is 53.1 Å². The minimum atomic E-state index is -0.221. The van der Waals surface area contributed by atoms with E-state index in [0.717, 1.165) is 12.1 Å². The fourth-order valence-electron chi connectivity index (χ4n) is 2.39. The number of nitrogens with one attached hydrogen (secondary N) is 3. The van der Waals surface area contributed by atoms with Gasteiger partial charge in [-0.2, -0.15) is 0 Å². The van der Waals surface area contributed by atoms with Gasteiger partial charge in [0.15, 0.2) is 0 Å². The van der Waals surface area contributed by atoms with Crippen molar-refractivity contribution >= 4 is 34.8 Å². The van der Waals surface area contributed by atoms with Gasteiger partial charge in [0.25, 0.3) is 5.91 Å². The molecular formula is C20H24ClN3O4. The van der Waals surface area contributed by atoms with Gasteiger partial charge in [0, 0.05) is 37.2 Å². The van der Waals surface area contributed by atoms with Crippen molar-refractivity contribution in [3.63, 3.8) is 0 Å². The molecule has 2 aromatic rings. The Hall–Kier alpha value is -2.77. The molecule has 2 aromatic carbocycles. The molecule has 2 amide bonds. The highest BCUT2D eigenvalue weighted by Gasteiger charge is 2.07. The number of halogens is 1. The van der Waals surface area contributed by atoms with Crippen LogP contribution >= 0.6 is 11.6 Å². The summed E-state index contributed by atoms with van der Waals surface area (Å²) in [5.41, 5.74) is 1.87. The quantitative estimate of drug-likeness (QED) is 0.528. The number of amides is 2. The molecule has 0 aromatic heterocycles. The summed E-state index contributed by atoms with van der Waals surface area (Å²) in [4.78, 5) is 24.1.